The van der Waals surface area contributed by atoms with Gasteiger partial charge in [0.2, 0.25) is 0 Å². The fourth-order valence-corrected chi connectivity index (χ4v) is 2.92. The van der Waals surface area contributed by atoms with Crippen molar-refractivity contribution in [2.24, 2.45) is 0 Å². The zero-order chi connectivity index (χ0) is 15.2. The van der Waals surface area contributed by atoms with Gasteiger partial charge in [0.1, 0.15) is 10.8 Å². The van der Waals surface area contributed by atoms with Crippen molar-refractivity contribution in [1.29, 1.82) is 0 Å². The number of aromatic nitrogens is 1. The van der Waals surface area contributed by atoms with Crippen LogP contribution in [0.4, 0.5) is 4.39 Å². The lowest BCUT2D eigenvalue weighted by atomic mass is 10.1. The SMILES string of the molecule is CCCNC(C)c1ccc(Sc2ncccc2Cl)c(F)c1. The van der Waals surface area contributed by atoms with Crippen molar-refractivity contribution in [2.75, 3.05) is 6.54 Å². The third-order valence-corrected chi connectivity index (χ3v) is 4.57. The highest BCUT2D eigenvalue weighted by atomic mass is 35.5. The average molecular weight is 325 g/mol. The fourth-order valence-electron chi connectivity index (χ4n) is 1.90. The van der Waals surface area contributed by atoms with E-state index in [4.69, 9.17) is 11.6 Å². The maximum absolute atomic E-state index is 14.2. The van der Waals surface area contributed by atoms with Crippen LogP contribution in [0.15, 0.2) is 46.5 Å². The lowest BCUT2D eigenvalue weighted by Crippen LogP contribution is -2.19. The van der Waals surface area contributed by atoms with E-state index in [1.165, 1.54) is 11.8 Å². The molecular formula is C16H18ClFN2S. The Hall–Kier alpha value is -1.10. The van der Waals surface area contributed by atoms with Crippen LogP contribution in [0.1, 0.15) is 31.9 Å². The first-order valence-corrected chi connectivity index (χ1v) is 8.12. The van der Waals surface area contributed by atoms with Crippen molar-refractivity contribution in [3.05, 3.63) is 52.9 Å². The second-order valence-electron chi connectivity index (χ2n) is 4.76. The minimum Gasteiger partial charge on any atom is -0.310 e. The molecule has 5 heteroatoms. The molecule has 0 spiro atoms. The van der Waals surface area contributed by atoms with Gasteiger partial charge in [0.25, 0.3) is 0 Å². The predicted molar refractivity (Wildman–Crippen MR) is 86.5 cm³/mol. The van der Waals surface area contributed by atoms with Crippen LogP contribution in [0.5, 0.6) is 0 Å². The molecular weight excluding hydrogens is 307 g/mol. The fraction of sp³-hybridized carbons (Fsp3) is 0.312. The Morgan fingerprint density at radius 2 is 2.19 bits per heavy atom. The number of nitrogens with zero attached hydrogens (tertiary/aromatic N) is 1. The monoisotopic (exact) mass is 324 g/mol. The van der Waals surface area contributed by atoms with E-state index in [9.17, 15) is 4.39 Å². The standard InChI is InChI=1S/C16H18ClFN2S/c1-3-8-19-11(2)12-6-7-15(14(18)10-12)21-16-13(17)5-4-9-20-16/h4-7,9-11,19H,3,8H2,1-2H3. The van der Waals surface area contributed by atoms with Crippen LogP contribution in [0.3, 0.4) is 0 Å². The molecule has 0 bridgehead atoms. The molecule has 0 aliphatic carbocycles. The first-order chi connectivity index (χ1) is 10.1. The van der Waals surface area contributed by atoms with Gasteiger partial charge in [-0.1, -0.05) is 36.4 Å². The van der Waals surface area contributed by atoms with Crippen LogP contribution < -0.4 is 5.32 Å². The summed E-state index contributed by atoms with van der Waals surface area (Å²) in [6.45, 7) is 5.06. The molecule has 1 heterocycles. The predicted octanol–water partition coefficient (Wildman–Crippen LogP) is 5.09. The van der Waals surface area contributed by atoms with Gasteiger partial charge in [0.15, 0.2) is 0 Å². The average Bonchev–Trinajstić information content (AvgIpc) is 2.49. The van der Waals surface area contributed by atoms with Crippen molar-refractivity contribution in [3.8, 4) is 0 Å². The number of hydrogen-bond acceptors (Lipinski definition) is 3. The Bertz CT molecular complexity index is 607. The normalized spacial score (nSPS) is 12.4. The zero-order valence-electron chi connectivity index (χ0n) is 12.1. The molecule has 0 aliphatic rings. The van der Waals surface area contributed by atoms with Crippen LogP contribution in [-0.4, -0.2) is 11.5 Å². The Balaban J connectivity index is 2.14. The van der Waals surface area contributed by atoms with Gasteiger partial charge in [-0.05, 0) is 49.7 Å². The second kappa shape index (κ2) is 7.78. The van der Waals surface area contributed by atoms with Gasteiger partial charge in [0.05, 0.1) is 5.02 Å². The summed E-state index contributed by atoms with van der Waals surface area (Å²) in [5.74, 6) is -0.246. The number of benzene rings is 1. The first-order valence-electron chi connectivity index (χ1n) is 6.93. The number of pyridine rings is 1. The van der Waals surface area contributed by atoms with E-state index in [1.807, 2.05) is 13.0 Å². The van der Waals surface area contributed by atoms with Crippen LogP contribution in [0, 0.1) is 5.82 Å². The van der Waals surface area contributed by atoms with Crippen LogP contribution in [0.25, 0.3) is 0 Å². The quantitative estimate of drug-likeness (QED) is 0.801. The molecule has 21 heavy (non-hydrogen) atoms. The molecule has 2 aromatic rings. The highest BCUT2D eigenvalue weighted by Crippen LogP contribution is 2.33. The van der Waals surface area contributed by atoms with Crippen LogP contribution in [-0.2, 0) is 0 Å². The van der Waals surface area contributed by atoms with Gasteiger partial charge in [-0.2, -0.15) is 0 Å². The van der Waals surface area contributed by atoms with Crippen LogP contribution in [0.2, 0.25) is 5.02 Å². The molecule has 0 amide bonds. The molecule has 1 aromatic carbocycles. The highest BCUT2D eigenvalue weighted by molar-refractivity contribution is 7.99. The van der Waals surface area contributed by atoms with E-state index >= 15 is 0 Å². The largest absolute Gasteiger partial charge is 0.310 e. The third-order valence-electron chi connectivity index (χ3n) is 3.09. The smallest absolute Gasteiger partial charge is 0.137 e. The summed E-state index contributed by atoms with van der Waals surface area (Å²) < 4.78 is 14.2. The van der Waals surface area contributed by atoms with Gasteiger partial charge in [0, 0.05) is 17.1 Å². The topological polar surface area (TPSA) is 24.9 Å². The van der Waals surface area contributed by atoms with Crippen molar-refractivity contribution >= 4 is 23.4 Å². The molecule has 0 saturated carbocycles. The van der Waals surface area contributed by atoms with E-state index in [0.717, 1.165) is 18.5 Å². The lowest BCUT2D eigenvalue weighted by molar-refractivity contribution is 0.556. The molecule has 0 aliphatic heterocycles. The molecule has 0 saturated heterocycles. The second-order valence-corrected chi connectivity index (χ2v) is 6.20. The molecule has 2 rings (SSSR count). The Kier molecular flexibility index (Phi) is 6.03. The molecule has 1 N–H and O–H groups in total. The van der Waals surface area contributed by atoms with Crippen molar-refractivity contribution in [2.45, 2.75) is 36.2 Å². The number of rotatable bonds is 6. The van der Waals surface area contributed by atoms with Gasteiger partial charge < -0.3 is 5.32 Å². The maximum atomic E-state index is 14.2. The third kappa shape index (κ3) is 4.43. The summed E-state index contributed by atoms with van der Waals surface area (Å²) >= 11 is 7.29. The van der Waals surface area contributed by atoms with Gasteiger partial charge in [-0.15, -0.1) is 0 Å². The molecule has 2 nitrogen and oxygen atoms in total. The first kappa shape index (κ1) is 16.3. The number of nitrogens with one attached hydrogen (secondary N) is 1. The molecule has 1 atom stereocenters. The molecule has 0 radical (unpaired) electrons. The van der Waals surface area contributed by atoms with Gasteiger partial charge >= 0.3 is 0 Å². The highest BCUT2D eigenvalue weighted by Gasteiger charge is 2.11. The van der Waals surface area contributed by atoms with E-state index in [2.05, 4.69) is 17.2 Å². The van der Waals surface area contributed by atoms with E-state index in [-0.39, 0.29) is 11.9 Å². The molecule has 1 aromatic heterocycles. The summed E-state index contributed by atoms with van der Waals surface area (Å²) in [5, 5.41) is 4.49. The van der Waals surface area contributed by atoms with Gasteiger partial charge in [-0.3, -0.25) is 0 Å². The van der Waals surface area contributed by atoms with E-state index in [1.54, 1.807) is 30.5 Å². The Labute approximate surface area is 134 Å². The Morgan fingerprint density at radius 1 is 1.38 bits per heavy atom. The maximum Gasteiger partial charge on any atom is 0.137 e. The lowest BCUT2D eigenvalue weighted by Gasteiger charge is -2.14. The number of halogens is 2. The van der Waals surface area contributed by atoms with Crippen LogP contribution >= 0.6 is 23.4 Å². The summed E-state index contributed by atoms with van der Waals surface area (Å²) in [7, 11) is 0. The molecule has 0 fully saturated rings. The van der Waals surface area contributed by atoms with Crippen molar-refractivity contribution in [3.63, 3.8) is 0 Å². The number of hydrogen-bond donors (Lipinski definition) is 1. The summed E-state index contributed by atoms with van der Waals surface area (Å²) in [5.41, 5.74) is 0.942. The van der Waals surface area contributed by atoms with Gasteiger partial charge in [-0.25, -0.2) is 9.37 Å². The zero-order valence-corrected chi connectivity index (χ0v) is 13.6. The minimum atomic E-state index is -0.246. The Morgan fingerprint density at radius 3 is 2.86 bits per heavy atom. The molecule has 1 unspecified atom stereocenters. The minimum absolute atomic E-state index is 0.136. The van der Waals surface area contributed by atoms with Crippen molar-refractivity contribution < 1.29 is 4.39 Å². The van der Waals surface area contributed by atoms with E-state index in [0.29, 0.717) is 14.9 Å². The summed E-state index contributed by atoms with van der Waals surface area (Å²) in [4.78, 5) is 4.69. The summed E-state index contributed by atoms with van der Waals surface area (Å²) in [6.07, 6.45) is 2.70. The molecule has 112 valence electrons. The van der Waals surface area contributed by atoms with E-state index < -0.39 is 0 Å². The van der Waals surface area contributed by atoms with Crippen molar-refractivity contribution in [1.82, 2.24) is 10.3 Å². The summed E-state index contributed by atoms with van der Waals surface area (Å²) in [6, 6.07) is 8.94.